The van der Waals surface area contributed by atoms with E-state index in [0.717, 1.165) is 49.2 Å². The summed E-state index contributed by atoms with van der Waals surface area (Å²) in [4.78, 5) is 38.2. The van der Waals surface area contributed by atoms with Crippen LogP contribution in [0.15, 0.2) is 98.4 Å². The molecule has 0 spiro atoms. The number of dihydropyridines is 1. The van der Waals surface area contributed by atoms with Crippen molar-refractivity contribution in [2.45, 2.75) is 89.3 Å². The van der Waals surface area contributed by atoms with E-state index in [1.807, 2.05) is 40.0 Å². The number of nitrogens with one attached hydrogen (secondary N) is 2. The van der Waals surface area contributed by atoms with Crippen molar-refractivity contribution in [1.29, 1.82) is 0 Å². The topological polar surface area (TPSA) is 176 Å². The SMILES string of the molecule is [CH2-]CN(CCOC1=CC(COC2CC3=C(C=C2C2CC2)C(=O)N2C/C(=C/C)CC2CN3)NC(COCCC2=C(/C=C/OC)C(=O)N3C/C(=C/C)C[C@@H]3C=N2)=C1)CCC(O)O.[CH2-]COCCOC.[U+2]. The molecule has 0 aromatic carbocycles. The fourth-order valence-corrected chi connectivity index (χ4v) is 9.04. The van der Waals surface area contributed by atoms with Crippen molar-refractivity contribution in [3.63, 3.8) is 0 Å². The Morgan fingerprint density at radius 2 is 1.74 bits per heavy atom. The quantitative estimate of drug-likeness (QED) is 0.0380. The third kappa shape index (κ3) is 15.8. The third-order valence-electron chi connectivity index (χ3n) is 13.0. The van der Waals surface area contributed by atoms with Gasteiger partial charge >= 0.3 is 31.1 Å². The van der Waals surface area contributed by atoms with E-state index >= 15 is 0 Å². The van der Waals surface area contributed by atoms with Crippen LogP contribution in [0.2, 0.25) is 0 Å². The zero-order chi connectivity index (χ0) is 47.7. The molecule has 68 heavy (non-hydrogen) atoms. The second-order valence-electron chi connectivity index (χ2n) is 17.6. The Morgan fingerprint density at radius 1 is 0.956 bits per heavy atom. The molecule has 17 heteroatoms. The molecule has 4 N–H and O–H groups in total. The molecule has 5 heterocycles. The van der Waals surface area contributed by atoms with Gasteiger partial charge in [0, 0.05) is 82.8 Å². The largest absolute Gasteiger partial charge is 2.00 e. The van der Waals surface area contributed by atoms with Gasteiger partial charge < -0.3 is 77.8 Å². The molecule has 0 radical (unpaired) electrons. The Labute approximate surface area is 427 Å². The summed E-state index contributed by atoms with van der Waals surface area (Å²) in [5.74, 6) is 1.17. The van der Waals surface area contributed by atoms with Crippen LogP contribution in [-0.4, -0.2) is 173 Å². The van der Waals surface area contributed by atoms with Gasteiger partial charge in [0.15, 0.2) is 6.29 Å². The molecule has 7 rings (SSSR count). The van der Waals surface area contributed by atoms with Crippen LogP contribution in [0.4, 0.5) is 0 Å². The summed E-state index contributed by atoms with van der Waals surface area (Å²) in [7, 11) is 3.20. The van der Waals surface area contributed by atoms with E-state index in [-0.39, 0.29) is 80.2 Å². The van der Waals surface area contributed by atoms with Gasteiger partial charge in [0.25, 0.3) is 11.8 Å². The molecule has 16 nitrogen and oxygen atoms in total. The second-order valence-corrected chi connectivity index (χ2v) is 17.6. The molecule has 4 atom stereocenters. The van der Waals surface area contributed by atoms with Crippen molar-refractivity contribution in [3.8, 4) is 0 Å². The van der Waals surface area contributed by atoms with E-state index in [1.54, 1.807) is 20.3 Å². The van der Waals surface area contributed by atoms with E-state index in [2.05, 4.69) is 49.6 Å². The monoisotopic (exact) mass is 1170 g/mol. The van der Waals surface area contributed by atoms with Gasteiger partial charge in [0.2, 0.25) is 0 Å². The number of amides is 2. The maximum Gasteiger partial charge on any atom is 2.00 e. The van der Waals surface area contributed by atoms with Gasteiger partial charge in [-0.05, 0) is 69.2 Å². The number of aliphatic hydroxyl groups excluding tert-OH is 1. The summed E-state index contributed by atoms with van der Waals surface area (Å²) in [5.41, 5.74) is 7.50. The molecule has 372 valence electrons. The first-order chi connectivity index (χ1) is 32.6. The summed E-state index contributed by atoms with van der Waals surface area (Å²) in [6, 6.07) is -0.127. The first-order valence-electron chi connectivity index (χ1n) is 23.9. The number of aliphatic imine (C=N–C) groups is 1. The second kappa shape index (κ2) is 28.4. The molecule has 0 aromatic rings. The van der Waals surface area contributed by atoms with Crippen LogP contribution in [0.25, 0.3) is 0 Å². The maximum atomic E-state index is 13.9. The molecule has 2 aliphatic carbocycles. The molecule has 7 aliphatic rings. The fourth-order valence-electron chi connectivity index (χ4n) is 9.04. The van der Waals surface area contributed by atoms with Crippen molar-refractivity contribution in [2.75, 3.05) is 99.7 Å². The number of aliphatic hydroxyl groups is 2. The van der Waals surface area contributed by atoms with Crippen LogP contribution in [0, 0.1) is 50.9 Å². The summed E-state index contributed by atoms with van der Waals surface area (Å²) < 4.78 is 34.0. The minimum atomic E-state index is -1.37. The summed E-state index contributed by atoms with van der Waals surface area (Å²) >= 11 is 0. The number of carbonyl (C=O) groups excluding carboxylic acids is 2. The molecule has 2 saturated heterocycles. The average molecular weight is 1170 g/mol. The third-order valence-corrected chi connectivity index (χ3v) is 13.0. The van der Waals surface area contributed by atoms with E-state index in [9.17, 15) is 19.8 Å². The molecule has 0 aromatic heterocycles. The minimum absolute atomic E-state index is 0. The standard InChI is InChI=1S/C46H63N6O8.C5H11O2.U/c1-5-30-18-35-24-47-41(38(11-15-57-4)45(55)51(35)26-30)12-16-58-28-33-20-37(59-17-14-50(7-3)13-10-44(53)54)21-34(49-33)29-60-43-23-42-40(22-39(43)32-8-9-32)46(56)52-27-31(6-2)19-36(52)25-48-42;1-3-7-5-4-6-2;/h5-6,11,15,20-22,24,32,34-36,43-44,48-49,53-54H,3,7-10,12-14,16-19,23,25-29H2,1-2,4H3;1,3-5H2,2H3;/q2*-1;+2/b15-11+,30-5+,31-6+;;/t34?,35-,36?,43?;;/m1../s1. The maximum absolute atomic E-state index is 13.9. The van der Waals surface area contributed by atoms with E-state index < -0.39 is 6.29 Å². The van der Waals surface area contributed by atoms with E-state index in [4.69, 9.17) is 33.4 Å². The van der Waals surface area contributed by atoms with Gasteiger partial charge in [0.1, 0.15) is 12.4 Å². The number of ether oxygens (including phenoxy) is 6. The Kier molecular flexibility index (Phi) is 23.1. The van der Waals surface area contributed by atoms with Gasteiger partial charge in [-0.15, -0.1) is 6.54 Å². The molecule has 1 saturated carbocycles. The molecular formula is C51H74N6O10U. The van der Waals surface area contributed by atoms with Crippen LogP contribution < -0.4 is 10.6 Å². The van der Waals surface area contributed by atoms with Crippen molar-refractivity contribution in [2.24, 2.45) is 10.9 Å². The number of methoxy groups -OCH3 is 2. The Bertz CT molecular complexity index is 1980. The normalized spacial score (nSPS) is 24.8. The average Bonchev–Trinajstić information content (AvgIpc) is 4.01. The fraction of sp³-hybridized carbons (Fsp3) is 0.588. The summed E-state index contributed by atoms with van der Waals surface area (Å²) in [6.07, 6.45) is 19.1. The van der Waals surface area contributed by atoms with Crippen molar-refractivity contribution in [1.82, 2.24) is 25.3 Å². The van der Waals surface area contributed by atoms with Crippen LogP contribution in [-0.2, 0) is 38.0 Å². The van der Waals surface area contributed by atoms with Gasteiger partial charge in [-0.2, -0.15) is 0 Å². The first kappa shape index (κ1) is 55.4. The van der Waals surface area contributed by atoms with Gasteiger partial charge in [0.05, 0.1) is 87.5 Å². The number of carbonyl (C=O) groups is 2. The first-order valence-corrected chi connectivity index (χ1v) is 23.9. The van der Waals surface area contributed by atoms with Crippen molar-refractivity contribution < 1.29 is 79.3 Å². The molecular weight excluding hydrogens is 1090 g/mol. The minimum Gasteiger partial charge on any atom is -0.504 e. The van der Waals surface area contributed by atoms with Gasteiger partial charge in [-0.3, -0.25) is 14.6 Å². The zero-order valence-corrected chi connectivity index (χ0v) is 44.8. The predicted molar refractivity (Wildman–Crippen MR) is 257 cm³/mol. The number of hydrogen-bond donors (Lipinski definition) is 4. The smallest absolute Gasteiger partial charge is 0.504 e. The number of allylic oxidation sites excluding steroid dienone is 3. The number of nitrogens with zero attached hydrogens (tertiary/aromatic N) is 4. The molecule has 5 aliphatic heterocycles. The zero-order valence-electron chi connectivity index (χ0n) is 40.6. The van der Waals surface area contributed by atoms with Crippen LogP contribution in [0.3, 0.4) is 0 Å². The van der Waals surface area contributed by atoms with Crippen molar-refractivity contribution >= 4 is 18.0 Å². The van der Waals surface area contributed by atoms with Gasteiger partial charge in [-0.25, -0.2) is 0 Å². The summed E-state index contributed by atoms with van der Waals surface area (Å²) in [6.45, 7) is 18.3. The molecule has 2 amide bonds. The van der Waals surface area contributed by atoms with Gasteiger partial charge in [-0.1, -0.05) is 29.9 Å². The predicted octanol–water partition coefficient (Wildman–Crippen LogP) is 4.05. The van der Waals surface area contributed by atoms with Crippen molar-refractivity contribution in [3.05, 3.63) is 107 Å². The van der Waals surface area contributed by atoms with E-state index in [0.29, 0.717) is 108 Å². The number of hydrogen-bond acceptors (Lipinski definition) is 14. The van der Waals surface area contributed by atoms with Crippen LogP contribution in [0.5, 0.6) is 0 Å². The Hall–Kier alpha value is -3.50. The molecule has 3 unspecified atom stereocenters. The van der Waals surface area contributed by atoms with E-state index in [1.165, 1.54) is 23.0 Å². The Morgan fingerprint density at radius 3 is 2.44 bits per heavy atom. The Balaban J connectivity index is 0.00000100. The summed E-state index contributed by atoms with van der Waals surface area (Å²) in [5, 5.41) is 26.0. The van der Waals surface area contributed by atoms with Crippen LogP contribution >= 0.6 is 0 Å². The number of rotatable bonds is 23. The number of fused-ring (bicyclic) bond motifs is 2. The molecule has 0 bridgehead atoms. The van der Waals surface area contributed by atoms with Crippen LogP contribution in [0.1, 0.15) is 58.8 Å². The molecule has 3 fully saturated rings.